The summed E-state index contributed by atoms with van der Waals surface area (Å²) in [6, 6.07) is -0.980. The Morgan fingerprint density at radius 2 is 2.00 bits per heavy atom. The molecule has 6 nitrogen and oxygen atoms in total. The second kappa shape index (κ2) is 7.47. The van der Waals surface area contributed by atoms with E-state index in [4.69, 9.17) is 14.6 Å². The van der Waals surface area contributed by atoms with E-state index in [1.165, 1.54) is 19.3 Å². The molecule has 116 valence electrons. The van der Waals surface area contributed by atoms with Crippen LogP contribution in [0.4, 0.5) is 4.79 Å². The molecule has 0 bridgehead atoms. The Balaban J connectivity index is 2.24. The fourth-order valence-electron chi connectivity index (χ4n) is 1.82. The highest BCUT2D eigenvalue weighted by Crippen LogP contribution is 2.26. The van der Waals surface area contributed by atoms with Crippen LogP contribution in [0, 0.1) is 5.92 Å². The van der Waals surface area contributed by atoms with Gasteiger partial charge in [-0.1, -0.05) is 6.42 Å². The molecule has 1 rings (SSSR count). The van der Waals surface area contributed by atoms with Gasteiger partial charge >= 0.3 is 12.1 Å². The molecule has 0 spiro atoms. The van der Waals surface area contributed by atoms with E-state index < -0.39 is 23.7 Å². The number of carboxylic acids is 1. The van der Waals surface area contributed by atoms with Gasteiger partial charge in [0.2, 0.25) is 0 Å². The highest BCUT2D eigenvalue weighted by Gasteiger charge is 2.24. The summed E-state index contributed by atoms with van der Waals surface area (Å²) in [4.78, 5) is 22.6. The molecule has 1 amide bonds. The molecule has 1 aliphatic rings. The van der Waals surface area contributed by atoms with Crippen LogP contribution in [0.25, 0.3) is 0 Å². The van der Waals surface area contributed by atoms with Crippen LogP contribution < -0.4 is 5.32 Å². The Morgan fingerprint density at radius 1 is 1.35 bits per heavy atom. The van der Waals surface area contributed by atoms with Crippen molar-refractivity contribution in [3.8, 4) is 0 Å². The minimum absolute atomic E-state index is 0.237. The lowest BCUT2D eigenvalue weighted by molar-refractivity contribution is -0.140. The van der Waals surface area contributed by atoms with E-state index >= 15 is 0 Å². The minimum atomic E-state index is -1.08. The number of carboxylic acid groups (broad SMARTS) is 1. The molecule has 1 aliphatic carbocycles. The summed E-state index contributed by atoms with van der Waals surface area (Å²) in [6.45, 7) is 6.18. The van der Waals surface area contributed by atoms with Crippen molar-refractivity contribution in [2.75, 3.05) is 13.2 Å². The lowest BCUT2D eigenvalue weighted by atomic mass is 9.86. The molecule has 0 aromatic rings. The molecule has 0 aromatic heterocycles. The normalized spacial score (nSPS) is 17.1. The van der Waals surface area contributed by atoms with E-state index in [0.29, 0.717) is 19.1 Å². The van der Waals surface area contributed by atoms with Gasteiger partial charge in [-0.25, -0.2) is 9.59 Å². The molecule has 0 aromatic carbocycles. The van der Waals surface area contributed by atoms with Crippen LogP contribution in [0.1, 0.15) is 46.5 Å². The lowest BCUT2D eigenvalue weighted by Crippen LogP contribution is -2.44. The van der Waals surface area contributed by atoms with Gasteiger partial charge in [-0.2, -0.15) is 0 Å². The molecule has 0 aliphatic heterocycles. The van der Waals surface area contributed by atoms with E-state index in [-0.39, 0.29) is 6.42 Å². The van der Waals surface area contributed by atoms with Gasteiger partial charge in [-0.3, -0.25) is 0 Å². The van der Waals surface area contributed by atoms with Gasteiger partial charge in [0.05, 0.1) is 0 Å². The molecular formula is C14H25NO5. The van der Waals surface area contributed by atoms with E-state index in [2.05, 4.69) is 5.32 Å². The second-order valence-electron chi connectivity index (χ2n) is 6.20. The average Bonchev–Trinajstić information content (AvgIpc) is 2.21. The van der Waals surface area contributed by atoms with Gasteiger partial charge in [0.15, 0.2) is 0 Å². The summed E-state index contributed by atoms with van der Waals surface area (Å²) in [5, 5.41) is 11.4. The van der Waals surface area contributed by atoms with E-state index in [0.717, 1.165) is 0 Å². The van der Waals surface area contributed by atoms with E-state index in [9.17, 15) is 9.59 Å². The molecule has 1 fully saturated rings. The third-order valence-electron chi connectivity index (χ3n) is 3.12. The maximum Gasteiger partial charge on any atom is 0.408 e. The number of hydrogen-bond donors (Lipinski definition) is 2. The van der Waals surface area contributed by atoms with Crippen molar-refractivity contribution in [3.63, 3.8) is 0 Å². The number of hydrogen-bond acceptors (Lipinski definition) is 4. The Kier molecular flexibility index (Phi) is 6.26. The first-order valence-electron chi connectivity index (χ1n) is 7.08. The smallest absolute Gasteiger partial charge is 0.408 e. The van der Waals surface area contributed by atoms with Crippen molar-refractivity contribution in [1.29, 1.82) is 0 Å². The van der Waals surface area contributed by atoms with Crippen molar-refractivity contribution in [2.45, 2.75) is 58.1 Å². The molecule has 1 saturated carbocycles. The first-order valence-corrected chi connectivity index (χ1v) is 7.08. The number of rotatable bonds is 7. The van der Waals surface area contributed by atoms with Crippen LogP contribution in [0.5, 0.6) is 0 Å². The second-order valence-corrected chi connectivity index (χ2v) is 6.20. The molecule has 0 heterocycles. The van der Waals surface area contributed by atoms with Gasteiger partial charge in [0, 0.05) is 19.6 Å². The minimum Gasteiger partial charge on any atom is -0.480 e. The summed E-state index contributed by atoms with van der Waals surface area (Å²) in [5.41, 5.74) is -0.645. The van der Waals surface area contributed by atoms with Crippen LogP contribution in [-0.4, -0.2) is 42.0 Å². The zero-order chi connectivity index (χ0) is 15.2. The van der Waals surface area contributed by atoms with Crippen molar-refractivity contribution in [3.05, 3.63) is 0 Å². The van der Waals surface area contributed by atoms with Crippen molar-refractivity contribution in [1.82, 2.24) is 5.32 Å². The fourth-order valence-corrected chi connectivity index (χ4v) is 1.82. The molecule has 0 radical (unpaired) electrons. The Bertz CT molecular complexity index is 333. The SMILES string of the molecule is CC(C)(C)OC(=O)NC(CCOCC1CCC1)C(=O)O. The number of nitrogens with one attached hydrogen (secondary N) is 1. The lowest BCUT2D eigenvalue weighted by Gasteiger charge is -2.25. The van der Waals surface area contributed by atoms with Crippen LogP contribution >= 0.6 is 0 Å². The molecular weight excluding hydrogens is 262 g/mol. The third-order valence-corrected chi connectivity index (χ3v) is 3.12. The number of ether oxygens (including phenoxy) is 2. The molecule has 20 heavy (non-hydrogen) atoms. The maximum absolute atomic E-state index is 11.5. The maximum atomic E-state index is 11.5. The molecule has 1 atom stereocenters. The number of carbonyl (C=O) groups is 2. The predicted molar refractivity (Wildman–Crippen MR) is 73.6 cm³/mol. The van der Waals surface area contributed by atoms with E-state index in [1.807, 2.05) is 0 Å². The zero-order valence-electron chi connectivity index (χ0n) is 12.5. The Morgan fingerprint density at radius 3 is 2.45 bits per heavy atom. The first kappa shape index (κ1) is 16.8. The predicted octanol–water partition coefficient (Wildman–Crippen LogP) is 2.17. The van der Waals surface area contributed by atoms with Gasteiger partial charge in [-0.05, 0) is 39.5 Å². The summed E-state index contributed by atoms with van der Waals surface area (Å²) in [5.74, 6) is -0.458. The topological polar surface area (TPSA) is 84.9 Å². The molecule has 0 saturated heterocycles. The molecule has 6 heteroatoms. The summed E-state index contributed by atoms with van der Waals surface area (Å²) in [6.07, 6.45) is 3.16. The average molecular weight is 287 g/mol. The summed E-state index contributed by atoms with van der Waals surface area (Å²) in [7, 11) is 0. The zero-order valence-corrected chi connectivity index (χ0v) is 12.5. The number of carbonyl (C=O) groups excluding carboxylic acids is 1. The van der Waals surface area contributed by atoms with Gasteiger partial charge in [-0.15, -0.1) is 0 Å². The van der Waals surface area contributed by atoms with Crippen LogP contribution in [0.3, 0.4) is 0 Å². The monoisotopic (exact) mass is 287 g/mol. The van der Waals surface area contributed by atoms with Crippen LogP contribution in [0.2, 0.25) is 0 Å². The summed E-state index contributed by atoms with van der Waals surface area (Å²) < 4.78 is 10.5. The van der Waals surface area contributed by atoms with Crippen LogP contribution in [0.15, 0.2) is 0 Å². The quantitative estimate of drug-likeness (QED) is 0.701. The van der Waals surface area contributed by atoms with E-state index in [1.54, 1.807) is 20.8 Å². The number of aliphatic carboxylic acids is 1. The van der Waals surface area contributed by atoms with Crippen molar-refractivity contribution >= 4 is 12.1 Å². The highest BCUT2D eigenvalue weighted by molar-refractivity contribution is 5.79. The van der Waals surface area contributed by atoms with Crippen molar-refractivity contribution in [2.24, 2.45) is 5.92 Å². The fraction of sp³-hybridized carbons (Fsp3) is 0.857. The number of amides is 1. The van der Waals surface area contributed by atoms with Gasteiger partial charge in [0.1, 0.15) is 11.6 Å². The van der Waals surface area contributed by atoms with Gasteiger partial charge < -0.3 is 19.9 Å². The third kappa shape index (κ3) is 6.75. The Hall–Kier alpha value is -1.30. The standard InChI is InChI=1S/C14H25NO5/c1-14(2,3)20-13(18)15-11(12(16)17)7-8-19-9-10-5-4-6-10/h10-11H,4-9H2,1-3H3,(H,15,18)(H,16,17). The summed E-state index contributed by atoms with van der Waals surface area (Å²) >= 11 is 0. The number of alkyl carbamates (subject to hydrolysis) is 1. The largest absolute Gasteiger partial charge is 0.480 e. The van der Waals surface area contributed by atoms with Crippen LogP contribution in [-0.2, 0) is 14.3 Å². The van der Waals surface area contributed by atoms with Gasteiger partial charge in [0.25, 0.3) is 0 Å². The molecule has 2 N–H and O–H groups in total. The first-order chi connectivity index (χ1) is 9.28. The molecule has 1 unspecified atom stereocenters. The van der Waals surface area contributed by atoms with Crippen molar-refractivity contribution < 1.29 is 24.2 Å². The Labute approximate surface area is 119 Å². The highest BCUT2D eigenvalue weighted by atomic mass is 16.6.